The van der Waals surface area contributed by atoms with Crippen LogP contribution < -0.4 is 15.0 Å². The number of urea groups is 1. The van der Waals surface area contributed by atoms with Gasteiger partial charge in [-0.2, -0.15) is 0 Å². The van der Waals surface area contributed by atoms with E-state index in [9.17, 15) is 9.59 Å². The van der Waals surface area contributed by atoms with Crippen LogP contribution in [0, 0.1) is 0 Å². The number of methoxy groups -OCH3 is 1. The zero-order valence-corrected chi connectivity index (χ0v) is 11.4. The van der Waals surface area contributed by atoms with Crippen molar-refractivity contribution in [2.75, 3.05) is 12.0 Å². The number of nitrogens with zero attached hydrogens (tertiary/aromatic N) is 1. The summed E-state index contributed by atoms with van der Waals surface area (Å²) in [6.45, 7) is 0. The fourth-order valence-electron chi connectivity index (χ4n) is 2.34. The van der Waals surface area contributed by atoms with Gasteiger partial charge in [0, 0.05) is 6.07 Å². The number of imide groups is 1. The van der Waals surface area contributed by atoms with Gasteiger partial charge in [0.05, 0.1) is 12.8 Å². The number of carbonyl (C=O) groups excluding carboxylic acids is 2. The SMILES string of the molecule is COc1cccc(N2C(=O)NC(c3ccccc3)C2=O)c1. The van der Waals surface area contributed by atoms with Crippen LogP contribution in [0.25, 0.3) is 0 Å². The van der Waals surface area contributed by atoms with Crippen LogP contribution in [0.3, 0.4) is 0 Å². The third kappa shape index (κ3) is 2.33. The lowest BCUT2D eigenvalue weighted by Gasteiger charge is -2.14. The fourth-order valence-corrected chi connectivity index (χ4v) is 2.34. The maximum atomic E-state index is 12.5. The lowest BCUT2D eigenvalue weighted by Crippen LogP contribution is -2.30. The average molecular weight is 282 g/mol. The Labute approximate surface area is 122 Å². The predicted molar refractivity (Wildman–Crippen MR) is 78.2 cm³/mol. The van der Waals surface area contributed by atoms with Gasteiger partial charge < -0.3 is 10.1 Å². The van der Waals surface area contributed by atoms with Crippen molar-refractivity contribution in [3.8, 4) is 5.75 Å². The number of rotatable bonds is 3. The van der Waals surface area contributed by atoms with E-state index in [-0.39, 0.29) is 5.91 Å². The summed E-state index contributed by atoms with van der Waals surface area (Å²) in [5, 5.41) is 2.70. The van der Waals surface area contributed by atoms with E-state index in [0.29, 0.717) is 11.4 Å². The molecule has 1 saturated heterocycles. The molecule has 1 aliphatic rings. The second-order valence-electron chi connectivity index (χ2n) is 4.67. The van der Waals surface area contributed by atoms with E-state index in [0.717, 1.165) is 10.5 Å². The van der Waals surface area contributed by atoms with Crippen LogP contribution in [-0.4, -0.2) is 19.0 Å². The lowest BCUT2D eigenvalue weighted by molar-refractivity contribution is -0.118. The van der Waals surface area contributed by atoms with Gasteiger partial charge in [0.25, 0.3) is 5.91 Å². The molecule has 0 spiro atoms. The van der Waals surface area contributed by atoms with Crippen LogP contribution in [0.15, 0.2) is 54.6 Å². The number of ether oxygens (including phenoxy) is 1. The van der Waals surface area contributed by atoms with Crippen LogP contribution in [-0.2, 0) is 4.79 Å². The quantitative estimate of drug-likeness (QED) is 0.880. The Hall–Kier alpha value is -2.82. The van der Waals surface area contributed by atoms with Crippen molar-refractivity contribution < 1.29 is 14.3 Å². The summed E-state index contributed by atoms with van der Waals surface area (Å²) in [5.41, 5.74) is 1.26. The number of benzene rings is 2. The maximum Gasteiger partial charge on any atom is 0.329 e. The Balaban J connectivity index is 1.94. The minimum absolute atomic E-state index is 0.292. The maximum absolute atomic E-state index is 12.5. The molecule has 1 aliphatic heterocycles. The molecule has 5 heteroatoms. The highest BCUT2D eigenvalue weighted by atomic mass is 16.5. The van der Waals surface area contributed by atoms with Crippen molar-refractivity contribution in [1.29, 1.82) is 0 Å². The second-order valence-corrected chi connectivity index (χ2v) is 4.67. The van der Waals surface area contributed by atoms with Crippen molar-refractivity contribution in [3.05, 3.63) is 60.2 Å². The molecule has 106 valence electrons. The summed E-state index contributed by atoms with van der Waals surface area (Å²) < 4.78 is 5.13. The normalized spacial score (nSPS) is 17.8. The molecular weight excluding hydrogens is 268 g/mol. The average Bonchev–Trinajstić information content (AvgIpc) is 2.83. The lowest BCUT2D eigenvalue weighted by atomic mass is 10.1. The zero-order chi connectivity index (χ0) is 14.8. The van der Waals surface area contributed by atoms with Crippen molar-refractivity contribution >= 4 is 17.6 Å². The van der Waals surface area contributed by atoms with E-state index in [2.05, 4.69) is 5.32 Å². The van der Waals surface area contributed by atoms with Crippen LogP contribution in [0.5, 0.6) is 5.75 Å². The highest BCUT2D eigenvalue weighted by Gasteiger charge is 2.39. The van der Waals surface area contributed by atoms with Gasteiger partial charge >= 0.3 is 6.03 Å². The summed E-state index contributed by atoms with van der Waals surface area (Å²) in [4.78, 5) is 25.8. The highest BCUT2D eigenvalue weighted by Crippen LogP contribution is 2.28. The Morgan fingerprint density at radius 1 is 1.05 bits per heavy atom. The first-order valence-corrected chi connectivity index (χ1v) is 6.54. The largest absolute Gasteiger partial charge is 0.497 e. The van der Waals surface area contributed by atoms with Gasteiger partial charge in [-0.05, 0) is 17.7 Å². The van der Waals surface area contributed by atoms with Gasteiger partial charge in [-0.1, -0.05) is 36.4 Å². The predicted octanol–water partition coefficient (Wildman–Crippen LogP) is 2.49. The first-order chi connectivity index (χ1) is 10.2. The van der Waals surface area contributed by atoms with Crippen LogP contribution in [0.1, 0.15) is 11.6 Å². The van der Waals surface area contributed by atoms with Crippen molar-refractivity contribution in [2.24, 2.45) is 0 Å². The molecule has 0 aliphatic carbocycles. The molecule has 1 atom stereocenters. The van der Waals surface area contributed by atoms with Gasteiger partial charge in [0.2, 0.25) is 0 Å². The molecule has 0 radical (unpaired) electrons. The molecule has 3 rings (SSSR count). The monoisotopic (exact) mass is 282 g/mol. The molecule has 2 aromatic rings. The third-order valence-corrected chi connectivity index (χ3v) is 3.38. The Morgan fingerprint density at radius 3 is 2.52 bits per heavy atom. The second kappa shape index (κ2) is 5.28. The summed E-state index contributed by atoms with van der Waals surface area (Å²) in [6, 6.07) is 15.0. The molecule has 1 unspecified atom stereocenters. The summed E-state index contributed by atoms with van der Waals surface area (Å²) in [7, 11) is 1.54. The van der Waals surface area contributed by atoms with Gasteiger partial charge in [-0.25, -0.2) is 9.69 Å². The molecule has 5 nitrogen and oxygen atoms in total. The minimum atomic E-state index is -0.648. The summed E-state index contributed by atoms with van der Waals surface area (Å²) in [5.74, 6) is 0.302. The van der Waals surface area contributed by atoms with E-state index in [1.165, 1.54) is 7.11 Å². The topological polar surface area (TPSA) is 58.6 Å². The van der Waals surface area contributed by atoms with E-state index in [4.69, 9.17) is 4.74 Å². The van der Waals surface area contributed by atoms with Crippen LogP contribution in [0.2, 0.25) is 0 Å². The molecule has 0 bridgehead atoms. The number of hydrogen-bond acceptors (Lipinski definition) is 3. The summed E-state index contributed by atoms with van der Waals surface area (Å²) in [6.07, 6.45) is 0. The Morgan fingerprint density at radius 2 is 1.81 bits per heavy atom. The molecular formula is C16H14N2O3. The van der Waals surface area contributed by atoms with Crippen LogP contribution >= 0.6 is 0 Å². The molecule has 3 amide bonds. The van der Waals surface area contributed by atoms with E-state index < -0.39 is 12.1 Å². The number of amides is 3. The van der Waals surface area contributed by atoms with Gasteiger partial charge in [-0.3, -0.25) is 4.79 Å². The molecule has 2 aromatic carbocycles. The Kier molecular flexibility index (Phi) is 3.31. The number of anilines is 1. The number of nitrogens with one attached hydrogen (secondary N) is 1. The van der Waals surface area contributed by atoms with Crippen molar-refractivity contribution in [1.82, 2.24) is 5.32 Å². The molecule has 1 N–H and O–H groups in total. The first-order valence-electron chi connectivity index (χ1n) is 6.54. The van der Waals surface area contributed by atoms with E-state index in [1.54, 1.807) is 24.3 Å². The molecule has 21 heavy (non-hydrogen) atoms. The number of carbonyl (C=O) groups is 2. The summed E-state index contributed by atoms with van der Waals surface area (Å²) >= 11 is 0. The van der Waals surface area contributed by atoms with Crippen molar-refractivity contribution in [2.45, 2.75) is 6.04 Å². The smallest absolute Gasteiger partial charge is 0.329 e. The molecule has 1 heterocycles. The molecule has 0 saturated carbocycles. The van der Waals surface area contributed by atoms with Gasteiger partial charge in [0.15, 0.2) is 0 Å². The van der Waals surface area contributed by atoms with Gasteiger partial charge in [0.1, 0.15) is 11.8 Å². The Bertz CT molecular complexity index is 685. The van der Waals surface area contributed by atoms with E-state index >= 15 is 0 Å². The van der Waals surface area contributed by atoms with Crippen LogP contribution in [0.4, 0.5) is 10.5 Å². The third-order valence-electron chi connectivity index (χ3n) is 3.38. The highest BCUT2D eigenvalue weighted by molar-refractivity contribution is 6.21. The first kappa shape index (κ1) is 13.2. The number of hydrogen-bond donors (Lipinski definition) is 1. The zero-order valence-electron chi connectivity index (χ0n) is 11.4. The van der Waals surface area contributed by atoms with Crippen molar-refractivity contribution in [3.63, 3.8) is 0 Å². The van der Waals surface area contributed by atoms with E-state index in [1.807, 2.05) is 30.3 Å². The van der Waals surface area contributed by atoms with Gasteiger partial charge in [-0.15, -0.1) is 0 Å². The minimum Gasteiger partial charge on any atom is -0.497 e. The standard InChI is InChI=1S/C16H14N2O3/c1-21-13-9-5-8-12(10-13)18-15(19)14(17-16(18)20)11-6-3-2-4-7-11/h2-10,14H,1H3,(H,17,20). The molecule has 0 aromatic heterocycles. The molecule has 1 fully saturated rings. The fraction of sp³-hybridized carbons (Fsp3) is 0.125.